The van der Waals surface area contributed by atoms with Crippen molar-refractivity contribution in [1.82, 2.24) is 14.3 Å². The van der Waals surface area contributed by atoms with E-state index in [4.69, 9.17) is 4.74 Å². The van der Waals surface area contributed by atoms with Crippen LogP contribution in [0.1, 0.15) is 84.5 Å². The molecular formula is C30H41FN4O6S. The van der Waals surface area contributed by atoms with Crippen LogP contribution < -0.4 is 15.1 Å². The molecule has 0 spiro atoms. The number of halogens is 1. The summed E-state index contributed by atoms with van der Waals surface area (Å²) in [6, 6.07) is 0.328. The van der Waals surface area contributed by atoms with E-state index in [9.17, 15) is 22.8 Å². The number of hydrogen-bond acceptors (Lipinski definition) is 8. The minimum absolute atomic E-state index is 0.00214. The number of aromatic nitrogens is 2. The number of Topliss-reactive ketones (excluding diaryl/α,β-unsaturated/α-hetero) is 1. The van der Waals surface area contributed by atoms with Crippen molar-refractivity contribution in [3.63, 3.8) is 0 Å². The van der Waals surface area contributed by atoms with E-state index in [0.717, 1.165) is 12.5 Å². The summed E-state index contributed by atoms with van der Waals surface area (Å²) in [5.74, 6) is -1.52. The number of pyridine rings is 2. The van der Waals surface area contributed by atoms with Gasteiger partial charge < -0.3 is 14.2 Å². The van der Waals surface area contributed by atoms with E-state index in [1.54, 1.807) is 16.4 Å². The van der Waals surface area contributed by atoms with Crippen LogP contribution >= 0.6 is 0 Å². The van der Waals surface area contributed by atoms with E-state index < -0.39 is 44.2 Å². The van der Waals surface area contributed by atoms with Crippen LogP contribution in [0.15, 0.2) is 17.1 Å². The molecule has 3 aliphatic rings. The smallest absolute Gasteiger partial charge is 0.343 e. The Labute approximate surface area is 246 Å². The molecule has 42 heavy (non-hydrogen) atoms. The van der Waals surface area contributed by atoms with Crippen molar-refractivity contribution >= 4 is 38.6 Å². The highest BCUT2D eigenvalue weighted by Gasteiger charge is 2.65. The Bertz CT molecular complexity index is 1630. The number of anilines is 1. The zero-order valence-corrected chi connectivity index (χ0v) is 26.2. The number of carbonyl (C=O) groups excluding carboxylic acids is 2. The molecule has 1 aliphatic heterocycles. The van der Waals surface area contributed by atoms with Gasteiger partial charge in [0.15, 0.2) is 11.6 Å². The zero-order valence-electron chi connectivity index (χ0n) is 25.4. The summed E-state index contributed by atoms with van der Waals surface area (Å²) in [4.78, 5) is 45.0. The van der Waals surface area contributed by atoms with Gasteiger partial charge in [0.25, 0.3) is 0 Å². The molecule has 3 fully saturated rings. The van der Waals surface area contributed by atoms with Gasteiger partial charge in [-0.2, -0.15) is 0 Å². The Balaban J connectivity index is 1.45. The Morgan fingerprint density at radius 1 is 1.26 bits per heavy atom. The maximum Gasteiger partial charge on any atom is 0.343 e. The number of rotatable bonds is 7. The van der Waals surface area contributed by atoms with Crippen LogP contribution in [-0.4, -0.2) is 60.7 Å². The highest BCUT2D eigenvalue weighted by Crippen LogP contribution is 2.64. The summed E-state index contributed by atoms with van der Waals surface area (Å²) in [5, 5.41) is -0.0428. The third kappa shape index (κ3) is 4.84. The van der Waals surface area contributed by atoms with Crippen molar-refractivity contribution in [2.75, 3.05) is 23.8 Å². The molecule has 2 bridgehead atoms. The number of ketones is 1. The van der Waals surface area contributed by atoms with Crippen molar-refractivity contribution in [2.45, 2.75) is 91.8 Å². The SMILES string of the molecule is CCOC(=O)c1cn(C(C)(C)C)c2nc(N3C[C@H](NS(=O)(=O)C[C@@]45CC[C@@H](CC4=O)C5(C)C)C[C@H]3C)c(F)cc2c1=O. The van der Waals surface area contributed by atoms with Crippen molar-refractivity contribution in [2.24, 2.45) is 16.7 Å². The van der Waals surface area contributed by atoms with Crippen molar-refractivity contribution in [1.29, 1.82) is 0 Å². The predicted octanol–water partition coefficient (Wildman–Crippen LogP) is 3.75. The standard InChI is InChI=1S/C30H41FN4O6S/c1-8-41-27(38)21-15-35(28(3,4)5)25-20(24(21)37)13-22(31)26(32-25)34-14-19(11-17(34)2)33-42(39,40)16-30-10-9-18(12-23(30)36)29(30,6)7/h13,15,17-19,33H,8-12,14,16H2,1-7H3/t17-,18+,19-,30+/m1/s1. The van der Waals surface area contributed by atoms with Gasteiger partial charge in [0.1, 0.15) is 17.0 Å². The summed E-state index contributed by atoms with van der Waals surface area (Å²) >= 11 is 0. The second-order valence-corrected chi connectivity index (χ2v) is 15.5. The van der Waals surface area contributed by atoms with Gasteiger partial charge in [-0.15, -0.1) is 0 Å². The maximum atomic E-state index is 15.7. The van der Waals surface area contributed by atoms with E-state index in [1.165, 1.54) is 6.20 Å². The lowest BCUT2D eigenvalue weighted by atomic mass is 9.70. The van der Waals surface area contributed by atoms with Gasteiger partial charge in [0, 0.05) is 42.2 Å². The second kappa shape index (κ2) is 10.1. The molecule has 10 nitrogen and oxygen atoms in total. The summed E-state index contributed by atoms with van der Waals surface area (Å²) in [6.45, 7) is 13.4. The number of ether oxygens (including phenoxy) is 1. The van der Waals surface area contributed by atoms with Gasteiger partial charge >= 0.3 is 5.97 Å². The molecule has 3 heterocycles. The van der Waals surface area contributed by atoms with E-state index in [0.29, 0.717) is 19.3 Å². The highest BCUT2D eigenvalue weighted by molar-refractivity contribution is 7.89. The fourth-order valence-electron chi connectivity index (χ4n) is 7.42. The van der Waals surface area contributed by atoms with Crippen molar-refractivity contribution in [3.05, 3.63) is 33.9 Å². The minimum Gasteiger partial charge on any atom is -0.462 e. The molecule has 12 heteroatoms. The Hall–Kier alpha value is -2.86. The first-order valence-corrected chi connectivity index (χ1v) is 16.3. The number of nitrogens with zero attached hydrogens (tertiary/aromatic N) is 3. The molecule has 1 N–H and O–H groups in total. The van der Waals surface area contributed by atoms with Crippen LogP contribution in [0.3, 0.4) is 0 Å². The molecular weight excluding hydrogens is 563 g/mol. The summed E-state index contributed by atoms with van der Waals surface area (Å²) in [7, 11) is -3.82. The third-order valence-electron chi connectivity index (χ3n) is 9.90. The molecule has 4 atom stereocenters. The molecule has 0 amide bonds. The monoisotopic (exact) mass is 604 g/mol. The average molecular weight is 605 g/mol. The predicted molar refractivity (Wildman–Crippen MR) is 158 cm³/mol. The van der Waals surface area contributed by atoms with Gasteiger partial charge in [-0.3, -0.25) is 9.59 Å². The Morgan fingerprint density at radius 2 is 1.95 bits per heavy atom. The lowest BCUT2D eigenvalue weighted by Crippen LogP contribution is -2.48. The molecule has 2 saturated carbocycles. The topological polar surface area (TPSA) is 128 Å². The van der Waals surface area contributed by atoms with Crippen molar-refractivity contribution < 1.29 is 27.1 Å². The zero-order chi connectivity index (χ0) is 31.0. The fourth-order valence-corrected chi connectivity index (χ4v) is 9.51. The molecule has 230 valence electrons. The number of fused-ring (bicyclic) bond motifs is 3. The van der Waals surface area contributed by atoms with Crippen LogP contribution in [0.25, 0.3) is 11.0 Å². The Morgan fingerprint density at radius 3 is 2.52 bits per heavy atom. The third-order valence-corrected chi connectivity index (χ3v) is 11.5. The number of hydrogen-bond donors (Lipinski definition) is 1. The quantitative estimate of drug-likeness (QED) is 0.474. The molecule has 2 aliphatic carbocycles. The highest BCUT2D eigenvalue weighted by atomic mass is 32.2. The van der Waals surface area contributed by atoms with Crippen LogP contribution in [-0.2, 0) is 25.1 Å². The molecule has 2 aromatic heterocycles. The Kier molecular flexibility index (Phi) is 7.36. The average Bonchev–Trinajstić information content (AvgIpc) is 3.40. The molecule has 0 unspecified atom stereocenters. The molecule has 0 radical (unpaired) electrons. The van der Waals surface area contributed by atoms with Gasteiger partial charge in [-0.1, -0.05) is 13.8 Å². The fraction of sp³-hybridized carbons (Fsp3) is 0.667. The van der Waals surface area contributed by atoms with Crippen LogP contribution in [0.5, 0.6) is 0 Å². The van der Waals surface area contributed by atoms with E-state index >= 15 is 4.39 Å². The van der Waals surface area contributed by atoms with Crippen LogP contribution in [0.4, 0.5) is 10.2 Å². The molecule has 0 aromatic carbocycles. The van der Waals surface area contributed by atoms with E-state index in [-0.39, 0.29) is 64.5 Å². The second-order valence-electron chi connectivity index (χ2n) is 13.8. The number of nitrogens with one attached hydrogen (secondary N) is 1. The van der Waals surface area contributed by atoms with Crippen LogP contribution in [0, 0.1) is 22.6 Å². The number of esters is 1. The van der Waals surface area contributed by atoms with Crippen LogP contribution in [0.2, 0.25) is 0 Å². The number of carbonyl (C=O) groups is 2. The largest absolute Gasteiger partial charge is 0.462 e. The molecule has 1 saturated heterocycles. The maximum absolute atomic E-state index is 15.7. The normalized spacial score (nSPS) is 27.3. The molecule has 5 rings (SSSR count). The summed E-state index contributed by atoms with van der Waals surface area (Å²) < 4.78 is 52.0. The lowest BCUT2D eigenvalue weighted by molar-refractivity contribution is -0.128. The van der Waals surface area contributed by atoms with Gasteiger partial charge in [-0.05, 0) is 71.3 Å². The molecule has 2 aromatic rings. The summed E-state index contributed by atoms with van der Waals surface area (Å²) in [5.41, 5.74) is -2.52. The van der Waals surface area contributed by atoms with E-state index in [2.05, 4.69) is 9.71 Å². The van der Waals surface area contributed by atoms with Crippen molar-refractivity contribution in [3.8, 4) is 0 Å². The van der Waals surface area contributed by atoms with Gasteiger partial charge in [-0.25, -0.2) is 27.3 Å². The van der Waals surface area contributed by atoms with Gasteiger partial charge in [0.2, 0.25) is 15.5 Å². The van der Waals surface area contributed by atoms with E-state index in [1.807, 2.05) is 41.5 Å². The number of sulfonamides is 1. The first-order chi connectivity index (χ1) is 19.4. The summed E-state index contributed by atoms with van der Waals surface area (Å²) in [6.07, 6.45) is 3.69. The first kappa shape index (κ1) is 30.6. The first-order valence-electron chi connectivity index (χ1n) is 14.7. The lowest BCUT2D eigenvalue weighted by Gasteiger charge is -2.36. The minimum atomic E-state index is -3.82. The van der Waals surface area contributed by atoms with Gasteiger partial charge in [0.05, 0.1) is 17.7 Å².